The van der Waals surface area contributed by atoms with Gasteiger partial charge in [-0.1, -0.05) is 0 Å². The van der Waals surface area contributed by atoms with Crippen molar-refractivity contribution in [2.75, 3.05) is 19.0 Å². The minimum absolute atomic E-state index is 0.140. The van der Waals surface area contributed by atoms with Crippen LogP contribution in [0.2, 0.25) is 0 Å². The van der Waals surface area contributed by atoms with Crippen molar-refractivity contribution in [3.63, 3.8) is 0 Å². The van der Waals surface area contributed by atoms with Crippen molar-refractivity contribution < 1.29 is 23.8 Å². The van der Waals surface area contributed by atoms with Gasteiger partial charge < -0.3 is 19.5 Å². The normalized spacial score (nSPS) is 17.3. The van der Waals surface area contributed by atoms with Crippen LogP contribution in [0.1, 0.15) is 19.8 Å². The third-order valence-electron chi connectivity index (χ3n) is 3.47. The average molecular weight is 337 g/mol. The summed E-state index contributed by atoms with van der Waals surface area (Å²) < 4.78 is 16.1. The topological polar surface area (TPSA) is 73.9 Å². The zero-order chi connectivity index (χ0) is 16.2. The summed E-state index contributed by atoms with van der Waals surface area (Å²) in [5.74, 6) is 0.898. The number of ether oxygens (including phenoxy) is 3. The van der Waals surface area contributed by atoms with Crippen molar-refractivity contribution in [1.29, 1.82) is 0 Å². The quantitative estimate of drug-likeness (QED) is 0.630. The Kier molecular flexibility index (Phi) is 4.95. The van der Waals surface area contributed by atoms with E-state index in [0.29, 0.717) is 24.7 Å². The van der Waals surface area contributed by atoms with E-state index in [2.05, 4.69) is 5.32 Å². The molecule has 0 spiro atoms. The fourth-order valence-electron chi connectivity index (χ4n) is 2.09. The first-order valence-electron chi connectivity index (χ1n) is 7.64. The minimum Gasteiger partial charge on any atom is -0.486 e. The molecule has 1 heterocycles. The van der Waals surface area contributed by atoms with Crippen LogP contribution in [0.15, 0.2) is 23.1 Å². The van der Waals surface area contributed by atoms with E-state index in [1.165, 1.54) is 11.8 Å². The highest BCUT2D eigenvalue weighted by atomic mass is 32.2. The number of rotatable bonds is 6. The van der Waals surface area contributed by atoms with E-state index in [0.717, 1.165) is 17.7 Å². The molecule has 23 heavy (non-hydrogen) atoms. The summed E-state index contributed by atoms with van der Waals surface area (Å²) in [6.45, 7) is 2.66. The van der Waals surface area contributed by atoms with Crippen molar-refractivity contribution in [3.8, 4) is 11.5 Å². The molecule has 0 unspecified atom stereocenters. The van der Waals surface area contributed by atoms with Crippen molar-refractivity contribution in [1.82, 2.24) is 5.32 Å². The van der Waals surface area contributed by atoms with Gasteiger partial charge in [0.2, 0.25) is 0 Å². The Bertz CT molecular complexity index is 602. The standard InChI is InChI=1S/C16H19NO5S/c1-10(16(19)17-11-2-3-11)22-15(18)9-23-12-4-5-13-14(8-12)21-7-6-20-13/h4-5,8,10-11H,2-3,6-7,9H2,1H3,(H,17,19)/t10-/m1/s1. The van der Waals surface area contributed by atoms with E-state index in [4.69, 9.17) is 14.2 Å². The van der Waals surface area contributed by atoms with Crippen molar-refractivity contribution in [3.05, 3.63) is 18.2 Å². The number of thioether (sulfide) groups is 1. The molecule has 0 bridgehead atoms. The van der Waals surface area contributed by atoms with Crippen LogP contribution < -0.4 is 14.8 Å². The summed E-state index contributed by atoms with van der Waals surface area (Å²) in [6.07, 6.45) is 1.25. The van der Waals surface area contributed by atoms with Gasteiger partial charge in [-0.3, -0.25) is 9.59 Å². The molecule has 7 heteroatoms. The van der Waals surface area contributed by atoms with Crippen molar-refractivity contribution in [2.24, 2.45) is 0 Å². The van der Waals surface area contributed by atoms with Gasteiger partial charge in [-0.2, -0.15) is 0 Å². The molecule has 6 nitrogen and oxygen atoms in total. The molecule has 1 fully saturated rings. The summed E-state index contributed by atoms with van der Waals surface area (Å²) in [5.41, 5.74) is 0. The van der Waals surface area contributed by atoms with Gasteiger partial charge in [-0.15, -0.1) is 11.8 Å². The second kappa shape index (κ2) is 7.12. The average Bonchev–Trinajstić information content (AvgIpc) is 3.36. The van der Waals surface area contributed by atoms with Crippen LogP contribution in [0.25, 0.3) is 0 Å². The molecular weight excluding hydrogens is 318 g/mol. The van der Waals surface area contributed by atoms with E-state index in [9.17, 15) is 9.59 Å². The predicted molar refractivity (Wildman–Crippen MR) is 84.9 cm³/mol. The monoisotopic (exact) mass is 337 g/mol. The van der Waals surface area contributed by atoms with Gasteiger partial charge in [0.15, 0.2) is 17.6 Å². The highest BCUT2D eigenvalue weighted by Gasteiger charge is 2.27. The lowest BCUT2D eigenvalue weighted by Gasteiger charge is -2.18. The van der Waals surface area contributed by atoms with Crippen LogP contribution in [-0.2, 0) is 14.3 Å². The van der Waals surface area contributed by atoms with Gasteiger partial charge in [-0.05, 0) is 38.0 Å². The van der Waals surface area contributed by atoms with E-state index in [1.807, 2.05) is 18.2 Å². The molecule has 1 N–H and O–H groups in total. The smallest absolute Gasteiger partial charge is 0.317 e. The van der Waals surface area contributed by atoms with Gasteiger partial charge in [0, 0.05) is 10.9 Å². The van der Waals surface area contributed by atoms with Gasteiger partial charge in [0.1, 0.15) is 13.2 Å². The number of hydrogen-bond acceptors (Lipinski definition) is 6. The van der Waals surface area contributed by atoms with Crippen LogP contribution in [-0.4, -0.2) is 43.0 Å². The number of hydrogen-bond donors (Lipinski definition) is 1. The second-order valence-electron chi connectivity index (χ2n) is 5.51. The first-order chi connectivity index (χ1) is 11.1. The maximum atomic E-state index is 11.8. The predicted octanol–water partition coefficient (Wildman–Crippen LogP) is 1.76. The van der Waals surface area contributed by atoms with Gasteiger partial charge >= 0.3 is 5.97 Å². The molecule has 1 aliphatic carbocycles. The third-order valence-corrected chi connectivity index (χ3v) is 4.44. The van der Waals surface area contributed by atoms with Crippen molar-refractivity contribution in [2.45, 2.75) is 36.8 Å². The van der Waals surface area contributed by atoms with Gasteiger partial charge in [0.05, 0.1) is 5.75 Å². The molecule has 0 aromatic heterocycles. The molecule has 1 atom stereocenters. The Hall–Kier alpha value is -1.89. The van der Waals surface area contributed by atoms with E-state index < -0.39 is 12.1 Å². The summed E-state index contributed by atoms with van der Waals surface area (Å²) in [7, 11) is 0. The second-order valence-corrected chi connectivity index (χ2v) is 6.56. The number of fused-ring (bicyclic) bond motifs is 1. The van der Waals surface area contributed by atoms with Gasteiger partial charge in [-0.25, -0.2) is 0 Å². The van der Waals surface area contributed by atoms with Crippen LogP contribution >= 0.6 is 11.8 Å². The minimum atomic E-state index is -0.760. The third kappa shape index (κ3) is 4.54. The number of benzene rings is 1. The molecular formula is C16H19NO5S. The fourth-order valence-corrected chi connectivity index (χ4v) is 2.79. The fraction of sp³-hybridized carbons (Fsp3) is 0.500. The zero-order valence-corrected chi connectivity index (χ0v) is 13.7. The molecule has 1 amide bonds. The highest BCUT2D eigenvalue weighted by Crippen LogP contribution is 2.34. The lowest BCUT2D eigenvalue weighted by molar-refractivity contribution is -0.152. The number of esters is 1. The summed E-state index contributed by atoms with van der Waals surface area (Å²) in [5, 5.41) is 2.81. The first kappa shape index (κ1) is 16.0. The highest BCUT2D eigenvalue weighted by molar-refractivity contribution is 8.00. The van der Waals surface area contributed by atoms with Crippen LogP contribution in [0.5, 0.6) is 11.5 Å². The summed E-state index contributed by atoms with van der Waals surface area (Å²) in [4.78, 5) is 24.5. The molecule has 3 rings (SSSR count). The molecule has 124 valence electrons. The number of carbonyl (C=O) groups excluding carboxylic acids is 2. The van der Waals surface area contributed by atoms with E-state index in [1.54, 1.807) is 6.92 Å². The maximum Gasteiger partial charge on any atom is 0.317 e. The van der Waals surface area contributed by atoms with E-state index >= 15 is 0 Å². The van der Waals surface area contributed by atoms with E-state index in [-0.39, 0.29) is 17.7 Å². The van der Waals surface area contributed by atoms with Crippen LogP contribution in [0.3, 0.4) is 0 Å². The molecule has 0 saturated heterocycles. The summed E-state index contributed by atoms with van der Waals surface area (Å²) in [6, 6.07) is 5.80. The Balaban J connectivity index is 1.45. The zero-order valence-electron chi connectivity index (χ0n) is 12.9. The Morgan fingerprint density at radius 2 is 2.04 bits per heavy atom. The molecule has 2 aliphatic rings. The number of carbonyl (C=O) groups is 2. The molecule has 1 aromatic carbocycles. The largest absolute Gasteiger partial charge is 0.486 e. The summed E-state index contributed by atoms with van der Waals surface area (Å²) >= 11 is 1.34. The molecule has 1 aromatic rings. The Labute approximate surface area is 138 Å². The maximum absolute atomic E-state index is 11.8. The number of nitrogens with one attached hydrogen (secondary N) is 1. The van der Waals surface area contributed by atoms with Crippen LogP contribution in [0.4, 0.5) is 0 Å². The lowest BCUT2D eigenvalue weighted by atomic mass is 10.3. The molecule has 1 aliphatic heterocycles. The lowest BCUT2D eigenvalue weighted by Crippen LogP contribution is -2.37. The van der Waals surface area contributed by atoms with Crippen molar-refractivity contribution >= 4 is 23.6 Å². The first-order valence-corrected chi connectivity index (χ1v) is 8.62. The Morgan fingerprint density at radius 3 is 2.78 bits per heavy atom. The van der Waals surface area contributed by atoms with Gasteiger partial charge in [0.25, 0.3) is 5.91 Å². The molecule has 0 radical (unpaired) electrons. The van der Waals surface area contributed by atoms with Crippen LogP contribution in [0, 0.1) is 0 Å². The number of amides is 1. The molecule has 1 saturated carbocycles. The Morgan fingerprint density at radius 1 is 1.30 bits per heavy atom. The SMILES string of the molecule is C[C@@H](OC(=O)CSc1ccc2c(c1)OCCO2)C(=O)NC1CC1.